The Bertz CT molecular complexity index is 433. The van der Waals surface area contributed by atoms with Gasteiger partial charge < -0.3 is 14.9 Å². The highest BCUT2D eigenvalue weighted by Gasteiger charge is 2.30. The largest absolute Gasteiger partial charge is 0.467 e. The van der Waals surface area contributed by atoms with E-state index in [1.807, 2.05) is 0 Å². The van der Waals surface area contributed by atoms with E-state index < -0.39 is 23.7 Å². The number of hydrogen-bond acceptors (Lipinski definition) is 5. The molecule has 0 bridgehead atoms. The van der Waals surface area contributed by atoms with Crippen LogP contribution in [0.15, 0.2) is 29.2 Å². The van der Waals surface area contributed by atoms with Gasteiger partial charge in [0.2, 0.25) is 0 Å². The Morgan fingerprint density at radius 2 is 1.79 bits per heavy atom. The van der Waals surface area contributed by atoms with Crippen molar-refractivity contribution in [3.05, 3.63) is 29.8 Å². The predicted octanol–water partition coefficient (Wildman–Crippen LogP) is 1.87. The Kier molecular flexibility index (Phi) is 5.21. The van der Waals surface area contributed by atoms with Gasteiger partial charge in [0.1, 0.15) is 6.10 Å². The summed E-state index contributed by atoms with van der Waals surface area (Å²) >= 11 is -0.295. The zero-order valence-electron chi connectivity index (χ0n) is 9.72. The predicted molar refractivity (Wildman–Crippen MR) is 61.3 cm³/mol. The Labute approximate surface area is 111 Å². The zero-order chi connectivity index (χ0) is 14.6. The van der Waals surface area contributed by atoms with Gasteiger partial charge in [0.15, 0.2) is 6.10 Å². The van der Waals surface area contributed by atoms with E-state index in [-0.39, 0.29) is 22.2 Å². The fourth-order valence-corrected chi connectivity index (χ4v) is 1.84. The van der Waals surface area contributed by atoms with Gasteiger partial charge in [0.25, 0.3) is 0 Å². The van der Waals surface area contributed by atoms with Gasteiger partial charge in [-0.15, -0.1) is 0 Å². The molecule has 0 heterocycles. The third-order valence-electron chi connectivity index (χ3n) is 2.20. The van der Waals surface area contributed by atoms with Crippen molar-refractivity contribution >= 4 is 17.7 Å². The van der Waals surface area contributed by atoms with Crippen molar-refractivity contribution in [2.45, 2.75) is 22.6 Å². The molecular weight excluding hydrogens is 285 g/mol. The molecule has 0 saturated heterocycles. The summed E-state index contributed by atoms with van der Waals surface area (Å²) in [5.74, 6) is -1.03. The third kappa shape index (κ3) is 4.73. The first-order chi connectivity index (χ1) is 8.74. The molecule has 0 saturated carbocycles. The number of alkyl halides is 3. The molecule has 1 aromatic rings. The second-order valence-corrected chi connectivity index (χ2v) is 4.67. The number of aliphatic hydroxyl groups excluding tert-OH is 2. The molecule has 106 valence electrons. The lowest BCUT2D eigenvalue weighted by Gasteiger charge is -2.16. The number of rotatable bonds is 4. The highest BCUT2D eigenvalue weighted by atomic mass is 32.2. The quantitative estimate of drug-likeness (QED) is 0.656. The SMILES string of the molecule is COC(=O)C(O)C(O)c1ccc(SC(F)(F)F)cc1. The van der Waals surface area contributed by atoms with Crippen molar-refractivity contribution in [3.63, 3.8) is 0 Å². The number of benzene rings is 1. The molecular formula is C11H11F3O4S. The van der Waals surface area contributed by atoms with Gasteiger partial charge in [0, 0.05) is 4.90 Å². The molecule has 2 N–H and O–H groups in total. The normalized spacial score (nSPS) is 14.8. The average Bonchev–Trinajstić information content (AvgIpc) is 2.35. The van der Waals surface area contributed by atoms with Gasteiger partial charge in [-0.25, -0.2) is 4.79 Å². The summed E-state index contributed by atoms with van der Waals surface area (Å²) in [5, 5.41) is 19.0. The average molecular weight is 296 g/mol. The smallest absolute Gasteiger partial charge is 0.446 e. The van der Waals surface area contributed by atoms with Crippen LogP contribution in [0.3, 0.4) is 0 Å². The van der Waals surface area contributed by atoms with Crippen LogP contribution in [0.5, 0.6) is 0 Å². The van der Waals surface area contributed by atoms with Crippen LogP contribution in [0.25, 0.3) is 0 Å². The van der Waals surface area contributed by atoms with Crippen molar-refractivity contribution in [3.8, 4) is 0 Å². The summed E-state index contributed by atoms with van der Waals surface area (Å²) in [4.78, 5) is 10.9. The van der Waals surface area contributed by atoms with Crippen LogP contribution in [0.2, 0.25) is 0 Å². The Morgan fingerprint density at radius 1 is 1.26 bits per heavy atom. The minimum absolute atomic E-state index is 0.0593. The molecule has 0 amide bonds. The highest BCUT2D eigenvalue weighted by Crippen LogP contribution is 2.37. The van der Waals surface area contributed by atoms with E-state index >= 15 is 0 Å². The number of carbonyl (C=O) groups is 1. The summed E-state index contributed by atoms with van der Waals surface area (Å²) < 4.78 is 40.5. The molecule has 0 spiro atoms. The molecule has 0 aromatic heterocycles. The Morgan fingerprint density at radius 3 is 2.21 bits per heavy atom. The number of thioether (sulfide) groups is 1. The molecule has 8 heteroatoms. The summed E-state index contributed by atoms with van der Waals surface area (Å²) in [5.41, 5.74) is -4.28. The zero-order valence-corrected chi connectivity index (χ0v) is 10.5. The van der Waals surface area contributed by atoms with Crippen molar-refractivity contribution < 1.29 is 32.9 Å². The van der Waals surface area contributed by atoms with Crippen LogP contribution >= 0.6 is 11.8 Å². The van der Waals surface area contributed by atoms with E-state index in [1.165, 1.54) is 12.1 Å². The van der Waals surface area contributed by atoms with E-state index in [4.69, 9.17) is 0 Å². The molecule has 2 unspecified atom stereocenters. The maximum Gasteiger partial charge on any atom is 0.446 e. The second kappa shape index (κ2) is 6.27. The molecule has 19 heavy (non-hydrogen) atoms. The van der Waals surface area contributed by atoms with Gasteiger partial charge in [-0.1, -0.05) is 12.1 Å². The Hall–Kier alpha value is -1.25. The van der Waals surface area contributed by atoms with E-state index in [0.717, 1.165) is 19.2 Å². The summed E-state index contributed by atoms with van der Waals surface area (Å²) in [6.45, 7) is 0. The van der Waals surface area contributed by atoms with Crippen molar-refractivity contribution in [2.75, 3.05) is 7.11 Å². The van der Waals surface area contributed by atoms with Gasteiger partial charge in [-0.3, -0.25) is 0 Å². The topological polar surface area (TPSA) is 66.8 Å². The van der Waals surface area contributed by atoms with E-state index in [9.17, 15) is 28.2 Å². The second-order valence-electron chi connectivity index (χ2n) is 3.53. The first-order valence-corrected chi connectivity index (χ1v) is 5.86. The molecule has 0 aliphatic carbocycles. The fraction of sp³-hybridized carbons (Fsp3) is 0.364. The minimum atomic E-state index is -4.40. The van der Waals surface area contributed by atoms with E-state index in [2.05, 4.69) is 4.74 Å². The molecule has 1 rings (SSSR count). The summed E-state index contributed by atoms with van der Waals surface area (Å²) in [7, 11) is 1.04. The molecule has 0 aliphatic rings. The van der Waals surface area contributed by atoms with Crippen molar-refractivity contribution in [1.82, 2.24) is 0 Å². The van der Waals surface area contributed by atoms with Gasteiger partial charge in [-0.2, -0.15) is 13.2 Å². The number of ether oxygens (including phenoxy) is 1. The van der Waals surface area contributed by atoms with E-state index in [0.29, 0.717) is 0 Å². The van der Waals surface area contributed by atoms with Gasteiger partial charge in [-0.05, 0) is 29.5 Å². The Balaban J connectivity index is 2.78. The molecule has 2 atom stereocenters. The van der Waals surface area contributed by atoms with Gasteiger partial charge in [0.05, 0.1) is 7.11 Å². The molecule has 0 aliphatic heterocycles. The first kappa shape index (κ1) is 15.8. The van der Waals surface area contributed by atoms with Crippen LogP contribution in [-0.4, -0.2) is 34.9 Å². The number of carbonyl (C=O) groups excluding carboxylic acids is 1. The molecule has 1 aromatic carbocycles. The molecule has 4 nitrogen and oxygen atoms in total. The number of esters is 1. The third-order valence-corrected chi connectivity index (χ3v) is 2.94. The number of methoxy groups -OCH3 is 1. The van der Waals surface area contributed by atoms with Crippen molar-refractivity contribution in [2.24, 2.45) is 0 Å². The monoisotopic (exact) mass is 296 g/mol. The highest BCUT2D eigenvalue weighted by molar-refractivity contribution is 8.00. The maximum atomic E-state index is 12.1. The summed E-state index contributed by atoms with van der Waals surface area (Å²) in [6, 6.07) is 4.68. The lowest BCUT2D eigenvalue weighted by Crippen LogP contribution is -2.28. The van der Waals surface area contributed by atoms with Crippen LogP contribution in [0.1, 0.15) is 11.7 Å². The summed E-state index contributed by atoms with van der Waals surface area (Å²) in [6.07, 6.45) is -3.34. The van der Waals surface area contributed by atoms with Crippen LogP contribution in [-0.2, 0) is 9.53 Å². The number of hydrogen-bond donors (Lipinski definition) is 2. The first-order valence-electron chi connectivity index (χ1n) is 5.04. The fourth-order valence-electron chi connectivity index (χ4n) is 1.30. The maximum absolute atomic E-state index is 12.1. The van der Waals surface area contributed by atoms with E-state index in [1.54, 1.807) is 0 Å². The van der Waals surface area contributed by atoms with Crippen LogP contribution < -0.4 is 0 Å². The number of aliphatic hydroxyl groups is 2. The lowest BCUT2D eigenvalue weighted by molar-refractivity contribution is -0.156. The van der Waals surface area contributed by atoms with Crippen LogP contribution in [0.4, 0.5) is 13.2 Å². The standard InChI is InChI=1S/C11H11F3O4S/c1-18-10(17)9(16)8(15)6-2-4-7(5-3-6)19-11(12,13)14/h2-5,8-9,15-16H,1H3. The lowest BCUT2D eigenvalue weighted by atomic mass is 10.0. The van der Waals surface area contributed by atoms with Crippen molar-refractivity contribution in [1.29, 1.82) is 0 Å². The minimum Gasteiger partial charge on any atom is -0.467 e. The molecule has 0 fully saturated rings. The molecule has 0 radical (unpaired) electrons. The van der Waals surface area contributed by atoms with Crippen LogP contribution in [0, 0.1) is 0 Å². The van der Waals surface area contributed by atoms with Gasteiger partial charge >= 0.3 is 11.5 Å². The number of halogens is 3.